The lowest BCUT2D eigenvalue weighted by molar-refractivity contribution is 0.444. The largest absolute Gasteiger partial charge is 0.423 e. The predicted octanol–water partition coefficient (Wildman–Crippen LogP) is 3.66. The van der Waals surface area contributed by atoms with Gasteiger partial charge in [-0.15, -0.1) is 0 Å². The minimum absolute atomic E-state index is 0.255. The number of nitrogen functional groups attached to an aromatic ring is 1. The van der Waals surface area contributed by atoms with E-state index in [0.29, 0.717) is 16.5 Å². The van der Waals surface area contributed by atoms with Crippen LogP contribution >= 0.6 is 11.6 Å². The quantitative estimate of drug-likeness (QED) is 0.723. The molecule has 5 heteroatoms. The van der Waals surface area contributed by atoms with Gasteiger partial charge in [-0.25, -0.2) is 4.98 Å². The Hall–Kier alpha value is -2.33. The van der Waals surface area contributed by atoms with E-state index in [0.717, 1.165) is 10.9 Å². The third-order valence-corrected chi connectivity index (χ3v) is 2.92. The van der Waals surface area contributed by atoms with Gasteiger partial charge < -0.3 is 10.5 Å². The van der Waals surface area contributed by atoms with Crippen LogP contribution in [0.15, 0.2) is 48.7 Å². The zero-order chi connectivity index (χ0) is 13.2. The summed E-state index contributed by atoms with van der Waals surface area (Å²) in [7, 11) is 0. The average molecular weight is 272 g/mol. The molecule has 0 spiro atoms. The fourth-order valence-electron chi connectivity index (χ4n) is 1.70. The minimum Gasteiger partial charge on any atom is -0.423 e. The first-order chi connectivity index (χ1) is 9.22. The van der Waals surface area contributed by atoms with Gasteiger partial charge in [0.25, 0.3) is 0 Å². The van der Waals surface area contributed by atoms with Crippen molar-refractivity contribution in [1.29, 1.82) is 0 Å². The summed E-state index contributed by atoms with van der Waals surface area (Å²) >= 11 is 6.04. The number of fused-ring (bicyclic) bond motifs is 1. The average Bonchev–Trinajstić information content (AvgIpc) is 2.42. The van der Waals surface area contributed by atoms with Gasteiger partial charge in [-0.05, 0) is 24.3 Å². The van der Waals surface area contributed by atoms with Gasteiger partial charge in [0, 0.05) is 17.3 Å². The first-order valence-corrected chi connectivity index (χ1v) is 6.05. The molecule has 0 unspecified atom stereocenters. The summed E-state index contributed by atoms with van der Waals surface area (Å²) in [5.41, 5.74) is 7.02. The van der Waals surface area contributed by atoms with Crippen molar-refractivity contribution in [2.45, 2.75) is 0 Å². The van der Waals surface area contributed by atoms with E-state index in [4.69, 9.17) is 22.1 Å². The molecule has 2 N–H and O–H groups in total. The molecule has 0 aliphatic carbocycles. The number of nitrogens with two attached hydrogens (primary N) is 1. The van der Waals surface area contributed by atoms with E-state index in [1.807, 2.05) is 24.3 Å². The smallest absolute Gasteiger partial charge is 0.322 e. The third-order valence-electron chi connectivity index (χ3n) is 2.62. The highest BCUT2D eigenvalue weighted by Crippen LogP contribution is 2.29. The maximum atomic E-state index is 6.04. The topological polar surface area (TPSA) is 61.0 Å². The Morgan fingerprint density at radius 3 is 2.79 bits per heavy atom. The fourth-order valence-corrected chi connectivity index (χ4v) is 1.93. The molecule has 0 radical (unpaired) electrons. The third kappa shape index (κ3) is 2.44. The second-order valence-corrected chi connectivity index (χ2v) is 4.41. The number of ether oxygens (including phenoxy) is 1. The van der Waals surface area contributed by atoms with Crippen molar-refractivity contribution in [3.8, 4) is 11.8 Å². The van der Waals surface area contributed by atoms with Crippen molar-refractivity contribution < 1.29 is 4.74 Å². The summed E-state index contributed by atoms with van der Waals surface area (Å²) in [6, 6.07) is 13.0. The number of rotatable bonds is 2. The van der Waals surface area contributed by atoms with Crippen molar-refractivity contribution in [1.82, 2.24) is 9.97 Å². The summed E-state index contributed by atoms with van der Waals surface area (Å²) in [5, 5.41) is 1.38. The van der Waals surface area contributed by atoms with Gasteiger partial charge in [-0.1, -0.05) is 29.8 Å². The fraction of sp³-hybridized carbons (Fsp3) is 0. The van der Waals surface area contributed by atoms with Crippen LogP contribution in [0.25, 0.3) is 10.9 Å². The van der Waals surface area contributed by atoms with Crippen LogP contribution in [0.3, 0.4) is 0 Å². The normalized spacial score (nSPS) is 10.6. The molecule has 0 atom stereocenters. The molecule has 3 rings (SSSR count). The Balaban J connectivity index is 1.96. The zero-order valence-electron chi connectivity index (χ0n) is 9.88. The molecular formula is C14H10ClN3O. The molecule has 0 bridgehead atoms. The maximum Gasteiger partial charge on any atom is 0.322 e. The van der Waals surface area contributed by atoms with Gasteiger partial charge >= 0.3 is 6.01 Å². The second kappa shape index (κ2) is 4.74. The van der Waals surface area contributed by atoms with E-state index in [2.05, 4.69) is 9.97 Å². The van der Waals surface area contributed by atoms with Crippen LogP contribution in [-0.4, -0.2) is 9.97 Å². The van der Waals surface area contributed by atoms with E-state index >= 15 is 0 Å². The molecule has 1 heterocycles. The van der Waals surface area contributed by atoms with E-state index in [-0.39, 0.29) is 6.01 Å². The van der Waals surface area contributed by atoms with Crippen molar-refractivity contribution in [2.24, 2.45) is 0 Å². The van der Waals surface area contributed by atoms with Gasteiger partial charge in [0.05, 0.1) is 10.5 Å². The summed E-state index contributed by atoms with van der Waals surface area (Å²) < 4.78 is 5.56. The van der Waals surface area contributed by atoms with Crippen LogP contribution in [0.4, 0.5) is 5.69 Å². The van der Waals surface area contributed by atoms with Crippen LogP contribution in [0.2, 0.25) is 5.02 Å². The molecule has 0 fully saturated rings. The lowest BCUT2D eigenvalue weighted by Crippen LogP contribution is -1.93. The number of nitrogens with zero attached hydrogens (tertiary/aromatic N) is 2. The molecule has 3 aromatic rings. The zero-order valence-corrected chi connectivity index (χ0v) is 10.6. The SMILES string of the molecule is Nc1ccc(Oc2ncc3ccccc3n2)c(Cl)c1. The van der Waals surface area contributed by atoms with Crippen LogP contribution in [-0.2, 0) is 0 Å². The minimum atomic E-state index is 0.255. The van der Waals surface area contributed by atoms with Crippen molar-refractivity contribution in [3.05, 3.63) is 53.7 Å². The first-order valence-electron chi connectivity index (χ1n) is 5.67. The number of benzene rings is 2. The molecule has 0 saturated heterocycles. The molecule has 0 aliphatic rings. The van der Waals surface area contributed by atoms with Gasteiger partial charge in [-0.2, -0.15) is 4.98 Å². The Labute approximate surface area is 114 Å². The van der Waals surface area contributed by atoms with Gasteiger partial charge in [0.15, 0.2) is 0 Å². The molecule has 2 aromatic carbocycles. The number of anilines is 1. The lowest BCUT2D eigenvalue weighted by atomic mass is 10.2. The maximum absolute atomic E-state index is 6.04. The lowest BCUT2D eigenvalue weighted by Gasteiger charge is -2.06. The Bertz CT molecular complexity index is 746. The Morgan fingerprint density at radius 1 is 1.11 bits per heavy atom. The van der Waals surface area contributed by atoms with E-state index in [1.165, 1.54) is 0 Å². The Kier molecular flexibility index (Phi) is 2.93. The summed E-state index contributed by atoms with van der Waals surface area (Å²) in [4.78, 5) is 8.45. The number of aromatic nitrogens is 2. The van der Waals surface area contributed by atoms with Gasteiger partial charge in [0.1, 0.15) is 5.75 Å². The molecule has 0 amide bonds. The molecule has 0 saturated carbocycles. The van der Waals surface area contributed by atoms with Gasteiger partial charge in [0.2, 0.25) is 0 Å². The van der Waals surface area contributed by atoms with Crippen molar-refractivity contribution in [2.75, 3.05) is 5.73 Å². The van der Waals surface area contributed by atoms with Crippen LogP contribution in [0.1, 0.15) is 0 Å². The molecule has 0 aliphatic heterocycles. The summed E-state index contributed by atoms with van der Waals surface area (Å²) in [6.07, 6.45) is 1.71. The number of hydrogen-bond acceptors (Lipinski definition) is 4. The van der Waals surface area contributed by atoms with Crippen molar-refractivity contribution in [3.63, 3.8) is 0 Å². The highest BCUT2D eigenvalue weighted by molar-refractivity contribution is 6.32. The van der Waals surface area contributed by atoms with Crippen molar-refractivity contribution >= 4 is 28.2 Å². The highest BCUT2D eigenvalue weighted by Gasteiger charge is 2.06. The molecular weight excluding hydrogens is 262 g/mol. The van der Waals surface area contributed by atoms with Crippen LogP contribution in [0.5, 0.6) is 11.8 Å². The van der Waals surface area contributed by atoms with Crippen LogP contribution < -0.4 is 10.5 Å². The number of hydrogen-bond donors (Lipinski definition) is 1. The molecule has 94 valence electrons. The first kappa shape index (κ1) is 11.7. The summed E-state index contributed by atoms with van der Waals surface area (Å²) in [5.74, 6) is 0.478. The van der Waals surface area contributed by atoms with E-state index in [9.17, 15) is 0 Å². The monoisotopic (exact) mass is 271 g/mol. The number of para-hydroxylation sites is 1. The number of halogens is 1. The van der Waals surface area contributed by atoms with Crippen LogP contribution in [0, 0.1) is 0 Å². The van der Waals surface area contributed by atoms with E-state index in [1.54, 1.807) is 24.4 Å². The Morgan fingerprint density at radius 2 is 1.95 bits per heavy atom. The second-order valence-electron chi connectivity index (χ2n) is 4.00. The van der Waals surface area contributed by atoms with E-state index < -0.39 is 0 Å². The highest BCUT2D eigenvalue weighted by atomic mass is 35.5. The molecule has 1 aromatic heterocycles. The molecule has 19 heavy (non-hydrogen) atoms. The standard InChI is InChI=1S/C14H10ClN3O/c15-11-7-10(16)5-6-13(11)19-14-17-8-9-3-1-2-4-12(9)18-14/h1-8H,16H2. The summed E-state index contributed by atoms with van der Waals surface area (Å²) in [6.45, 7) is 0. The van der Waals surface area contributed by atoms with Gasteiger partial charge in [-0.3, -0.25) is 0 Å². The predicted molar refractivity (Wildman–Crippen MR) is 75.5 cm³/mol. The molecule has 4 nitrogen and oxygen atoms in total.